The molecule has 0 bridgehead atoms. The first-order valence-corrected chi connectivity index (χ1v) is 31.4. The molecular formula is C86H52N2O4. The zero-order chi connectivity index (χ0) is 60.2. The van der Waals surface area contributed by atoms with E-state index in [1.54, 1.807) is 0 Å². The number of benzene rings is 14. The maximum absolute atomic E-state index is 6.68. The summed E-state index contributed by atoms with van der Waals surface area (Å²) < 4.78 is 26.2. The Morgan fingerprint density at radius 1 is 0.207 bits per heavy atom. The number of fused-ring (bicyclic) bond motifs is 24. The van der Waals surface area contributed by atoms with Crippen molar-refractivity contribution in [3.8, 4) is 56.4 Å². The summed E-state index contributed by atoms with van der Waals surface area (Å²) in [7, 11) is 0. The van der Waals surface area contributed by atoms with Crippen LogP contribution in [0.1, 0.15) is 44.5 Å². The Balaban J connectivity index is 0.714. The number of furan rings is 2. The van der Waals surface area contributed by atoms with Gasteiger partial charge in [-0.1, -0.05) is 194 Å². The summed E-state index contributed by atoms with van der Waals surface area (Å²) in [6, 6.07) is 114. The maximum atomic E-state index is 6.68. The number of hydrogen-bond acceptors (Lipinski definition) is 6. The van der Waals surface area contributed by atoms with E-state index in [0.717, 1.165) is 134 Å². The van der Waals surface area contributed by atoms with E-state index in [9.17, 15) is 0 Å². The van der Waals surface area contributed by atoms with Gasteiger partial charge in [0.1, 0.15) is 45.3 Å². The first-order chi connectivity index (χ1) is 45.6. The number of rotatable bonds is 7. The molecular weight excluding hydrogens is 1120 g/mol. The molecule has 0 atom stereocenters. The van der Waals surface area contributed by atoms with E-state index in [0.29, 0.717) is 0 Å². The number of anilines is 6. The van der Waals surface area contributed by atoms with E-state index >= 15 is 0 Å². The molecule has 0 N–H and O–H groups in total. The number of para-hydroxylation sites is 6. The summed E-state index contributed by atoms with van der Waals surface area (Å²) in [6.45, 7) is 0. The molecule has 6 heteroatoms. The predicted octanol–water partition coefficient (Wildman–Crippen LogP) is 23.0. The van der Waals surface area contributed by atoms with Gasteiger partial charge in [-0.05, 0) is 177 Å². The third-order valence-corrected chi connectivity index (χ3v) is 20.0. The Labute approximate surface area is 530 Å². The Kier molecular flexibility index (Phi) is 10.6. The molecule has 2 aliphatic carbocycles. The zero-order valence-electron chi connectivity index (χ0n) is 49.5. The first kappa shape index (κ1) is 50.8. The van der Waals surface area contributed by atoms with E-state index in [1.807, 2.05) is 24.3 Å². The lowest BCUT2D eigenvalue weighted by Gasteiger charge is -2.39. The molecule has 430 valence electrons. The van der Waals surface area contributed by atoms with Crippen LogP contribution in [-0.4, -0.2) is 0 Å². The van der Waals surface area contributed by atoms with Crippen LogP contribution in [-0.2, 0) is 10.8 Å². The van der Waals surface area contributed by atoms with Crippen molar-refractivity contribution in [1.82, 2.24) is 0 Å². The molecule has 0 fully saturated rings. The largest absolute Gasteiger partial charge is 0.457 e. The van der Waals surface area contributed by atoms with Crippen LogP contribution in [0, 0.1) is 0 Å². The van der Waals surface area contributed by atoms with Gasteiger partial charge in [0, 0.05) is 77.9 Å². The molecule has 0 saturated heterocycles. The van der Waals surface area contributed by atoms with Gasteiger partial charge in [-0.3, -0.25) is 0 Å². The van der Waals surface area contributed by atoms with Gasteiger partial charge in [0.05, 0.1) is 10.8 Å². The molecule has 0 saturated carbocycles. The Hall–Kier alpha value is -12.1. The smallest absolute Gasteiger partial charge is 0.135 e. The van der Waals surface area contributed by atoms with Crippen LogP contribution >= 0.6 is 0 Å². The van der Waals surface area contributed by atoms with Crippen molar-refractivity contribution in [2.45, 2.75) is 10.8 Å². The summed E-state index contributed by atoms with van der Waals surface area (Å²) in [5.74, 6) is 3.51. The van der Waals surface area contributed by atoms with Crippen molar-refractivity contribution in [2.24, 2.45) is 0 Å². The summed E-state index contributed by atoms with van der Waals surface area (Å²) in [5.41, 5.74) is 25.0. The Bertz CT molecular complexity index is 5310. The molecule has 0 radical (unpaired) electrons. The zero-order valence-corrected chi connectivity index (χ0v) is 49.5. The lowest BCUT2D eigenvalue weighted by molar-refractivity contribution is 0.436. The highest BCUT2D eigenvalue weighted by Crippen LogP contribution is 2.65. The van der Waals surface area contributed by atoms with Crippen molar-refractivity contribution >= 4 is 78.0 Å². The summed E-state index contributed by atoms with van der Waals surface area (Å²) >= 11 is 0. The highest BCUT2D eigenvalue weighted by Gasteiger charge is 2.53. The number of nitrogens with zero attached hydrogens (tertiary/aromatic N) is 2. The summed E-state index contributed by atoms with van der Waals surface area (Å²) in [6.07, 6.45) is 0. The fourth-order valence-corrected chi connectivity index (χ4v) is 16.2. The standard InChI is InChI=1S/C86H52N2O4/c1-5-21-69-61(17-1)65-49-57(41-45-71(65)85(69)73-23-7-13-29-81(73)91-82-30-14-8-24-74(82)85)87(59-43-47-79-67(51-59)63-19-3-11-27-77(63)89-79)55-37-33-53(34-38-55)54-35-39-56(40-36-54)88(60-44-48-80-68(52-60)64-20-4-12-28-78(64)90-80)58-42-46-72-66(50-58)62-18-2-6-22-70(62)86(72)75-25-9-15-31-83(75)92-84-32-16-10-26-76(84)86/h1-52H. The molecule has 92 heavy (non-hydrogen) atoms. The normalized spacial score (nSPS) is 13.8. The molecule has 2 spiro atoms. The second-order valence-corrected chi connectivity index (χ2v) is 24.6. The fraction of sp³-hybridized carbons (Fsp3) is 0.0233. The lowest BCUT2D eigenvalue weighted by atomic mass is 9.66. The average Bonchev–Trinajstić information content (AvgIpc) is 1.48. The van der Waals surface area contributed by atoms with Crippen LogP contribution in [0.15, 0.2) is 324 Å². The minimum atomic E-state index is -0.575. The van der Waals surface area contributed by atoms with Gasteiger partial charge in [0.15, 0.2) is 0 Å². The number of hydrogen-bond donors (Lipinski definition) is 0. The Morgan fingerprint density at radius 2 is 0.500 bits per heavy atom. The lowest BCUT2D eigenvalue weighted by Crippen LogP contribution is -2.32. The minimum absolute atomic E-state index is 0.575. The van der Waals surface area contributed by atoms with Gasteiger partial charge in [0.25, 0.3) is 0 Å². The Morgan fingerprint density at radius 3 is 0.902 bits per heavy atom. The van der Waals surface area contributed by atoms with Gasteiger partial charge < -0.3 is 28.1 Å². The topological polar surface area (TPSA) is 51.2 Å². The van der Waals surface area contributed by atoms with Crippen molar-refractivity contribution in [3.63, 3.8) is 0 Å². The quantitative estimate of drug-likeness (QED) is 0.159. The van der Waals surface area contributed by atoms with Crippen LogP contribution in [0.2, 0.25) is 0 Å². The molecule has 0 unspecified atom stereocenters. The molecule has 20 rings (SSSR count). The fourth-order valence-electron chi connectivity index (χ4n) is 16.2. The van der Waals surface area contributed by atoms with Crippen LogP contribution in [0.25, 0.3) is 77.3 Å². The van der Waals surface area contributed by atoms with E-state index in [4.69, 9.17) is 18.3 Å². The highest BCUT2D eigenvalue weighted by atomic mass is 16.5. The van der Waals surface area contributed by atoms with Crippen molar-refractivity contribution in [3.05, 3.63) is 360 Å². The molecule has 4 aliphatic rings. The number of ether oxygens (including phenoxy) is 2. The van der Waals surface area contributed by atoms with E-state index in [2.05, 4.69) is 301 Å². The van der Waals surface area contributed by atoms with Crippen LogP contribution < -0.4 is 19.3 Å². The van der Waals surface area contributed by atoms with Crippen LogP contribution in [0.4, 0.5) is 34.1 Å². The minimum Gasteiger partial charge on any atom is -0.457 e. The summed E-state index contributed by atoms with van der Waals surface area (Å²) in [5, 5.41) is 4.30. The monoisotopic (exact) mass is 1180 g/mol. The second-order valence-electron chi connectivity index (χ2n) is 24.6. The van der Waals surface area contributed by atoms with Gasteiger partial charge in [-0.15, -0.1) is 0 Å². The third-order valence-electron chi connectivity index (χ3n) is 20.0. The highest BCUT2D eigenvalue weighted by molar-refractivity contribution is 6.08. The van der Waals surface area contributed by atoms with Crippen molar-refractivity contribution in [2.75, 3.05) is 9.80 Å². The van der Waals surface area contributed by atoms with Gasteiger partial charge in [-0.25, -0.2) is 0 Å². The van der Waals surface area contributed by atoms with Gasteiger partial charge in [0.2, 0.25) is 0 Å². The van der Waals surface area contributed by atoms with Crippen LogP contribution in [0.5, 0.6) is 23.0 Å². The molecule has 6 nitrogen and oxygen atoms in total. The van der Waals surface area contributed by atoms with E-state index in [1.165, 1.54) is 44.5 Å². The molecule has 0 amide bonds. The average molecular weight is 1180 g/mol. The van der Waals surface area contributed by atoms with Crippen LogP contribution in [0.3, 0.4) is 0 Å². The van der Waals surface area contributed by atoms with E-state index in [-0.39, 0.29) is 0 Å². The molecule has 4 heterocycles. The third kappa shape index (κ3) is 7.03. The summed E-state index contributed by atoms with van der Waals surface area (Å²) in [4.78, 5) is 4.78. The van der Waals surface area contributed by atoms with Crippen molar-refractivity contribution in [1.29, 1.82) is 0 Å². The van der Waals surface area contributed by atoms with E-state index < -0.39 is 10.8 Å². The van der Waals surface area contributed by atoms with Crippen molar-refractivity contribution < 1.29 is 18.3 Å². The molecule has 14 aromatic carbocycles. The molecule has 2 aromatic heterocycles. The maximum Gasteiger partial charge on any atom is 0.135 e. The SMILES string of the molecule is c1ccc2c(c1)Oc1ccccc1C21c2ccccc2-c2cc(N(c3ccc(-c4ccc(N(c5ccc6c(c5)-c5ccccc5C65c6ccccc6Oc6ccccc65)c5ccc6oc7ccccc7c6c5)cc4)cc3)c3ccc4oc5ccccc5c4c3)ccc21. The molecule has 2 aliphatic heterocycles. The molecule has 16 aromatic rings. The van der Waals surface area contributed by atoms with Gasteiger partial charge >= 0.3 is 0 Å². The predicted molar refractivity (Wildman–Crippen MR) is 371 cm³/mol. The van der Waals surface area contributed by atoms with Gasteiger partial charge in [-0.2, -0.15) is 0 Å². The second kappa shape index (κ2) is 19.2. The first-order valence-electron chi connectivity index (χ1n) is 31.4.